The van der Waals surface area contributed by atoms with Crippen molar-refractivity contribution in [2.45, 2.75) is 12.5 Å². The van der Waals surface area contributed by atoms with Crippen LogP contribution in [-0.4, -0.2) is 43.5 Å². The first-order valence-electron chi connectivity index (χ1n) is 3.86. The summed E-state index contributed by atoms with van der Waals surface area (Å²) in [4.78, 5) is 12.6. The second-order valence-corrected chi connectivity index (χ2v) is 3.22. The van der Waals surface area contributed by atoms with Crippen LogP contribution in [0.3, 0.4) is 0 Å². The fourth-order valence-electron chi connectivity index (χ4n) is 0.942. The molecule has 0 aromatic carbocycles. The lowest BCUT2D eigenvalue weighted by Crippen LogP contribution is -2.58. The van der Waals surface area contributed by atoms with Crippen LogP contribution in [-0.2, 0) is 9.53 Å². The third-order valence-electron chi connectivity index (χ3n) is 2.01. The van der Waals surface area contributed by atoms with Gasteiger partial charge in [0.25, 0.3) is 0 Å². The molecule has 0 radical (unpaired) electrons. The molecule has 1 fully saturated rings. The highest BCUT2D eigenvalue weighted by molar-refractivity contribution is 5.93. The molecular formula is C9H13NO2. The highest BCUT2D eigenvalue weighted by Gasteiger charge is 2.39. The van der Waals surface area contributed by atoms with E-state index in [4.69, 9.17) is 4.74 Å². The molecule has 0 spiro atoms. The lowest BCUT2D eigenvalue weighted by molar-refractivity contribution is -0.112. The molecule has 66 valence electrons. The molecule has 1 rings (SSSR count). The third kappa shape index (κ3) is 1.66. The molecular weight excluding hydrogens is 154 g/mol. The summed E-state index contributed by atoms with van der Waals surface area (Å²) >= 11 is 0. The average Bonchev–Trinajstić information content (AvgIpc) is 1.83. The van der Waals surface area contributed by atoms with Crippen molar-refractivity contribution in [2.24, 2.45) is 0 Å². The van der Waals surface area contributed by atoms with Crippen LogP contribution in [0.5, 0.6) is 0 Å². The number of carbonyl (C=O) groups is 1. The number of nitrogens with zero attached hydrogens (tertiary/aromatic N) is 1. The zero-order valence-corrected chi connectivity index (χ0v) is 7.68. The number of carbonyl (C=O) groups excluding carboxylic acids is 1. The number of hydrogen-bond donors (Lipinski definition) is 0. The predicted octanol–water partition coefficient (Wildman–Crippen LogP) is -0.0906. The van der Waals surface area contributed by atoms with Gasteiger partial charge in [-0.05, 0) is 20.0 Å². The van der Waals surface area contributed by atoms with Gasteiger partial charge in [0.1, 0.15) is 5.54 Å². The first kappa shape index (κ1) is 9.24. The van der Waals surface area contributed by atoms with Gasteiger partial charge in [-0.25, -0.2) is 0 Å². The molecule has 0 aromatic rings. The van der Waals surface area contributed by atoms with Crippen molar-refractivity contribution in [2.75, 3.05) is 27.3 Å². The Balaban J connectivity index is 2.70. The third-order valence-corrected chi connectivity index (χ3v) is 2.01. The molecule has 0 unspecified atom stereocenters. The maximum Gasteiger partial charge on any atom is 0.202 e. The van der Waals surface area contributed by atoms with Crippen molar-refractivity contribution in [3.8, 4) is 11.8 Å². The first-order valence-corrected chi connectivity index (χ1v) is 3.86. The van der Waals surface area contributed by atoms with E-state index in [1.54, 1.807) is 0 Å². The van der Waals surface area contributed by atoms with Crippen molar-refractivity contribution < 1.29 is 9.53 Å². The molecule has 12 heavy (non-hydrogen) atoms. The molecule has 0 N–H and O–H groups in total. The SMILES string of the molecule is CC(=O)C#CC1(N(C)C)COC1. The van der Waals surface area contributed by atoms with Crippen LogP contribution in [0.2, 0.25) is 0 Å². The second-order valence-electron chi connectivity index (χ2n) is 3.22. The largest absolute Gasteiger partial charge is 0.375 e. The van der Waals surface area contributed by atoms with Gasteiger partial charge in [-0.2, -0.15) is 0 Å². The standard InChI is InChI=1S/C9H13NO2/c1-8(11)4-5-9(10(2)3)6-12-7-9/h6-7H2,1-3H3. The zero-order valence-electron chi connectivity index (χ0n) is 7.68. The minimum absolute atomic E-state index is 0.0943. The summed E-state index contributed by atoms with van der Waals surface area (Å²) in [6.45, 7) is 2.66. The number of ether oxygens (including phenoxy) is 1. The minimum Gasteiger partial charge on any atom is -0.375 e. The predicted molar refractivity (Wildman–Crippen MR) is 45.7 cm³/mol. The summed E-state index contributed by atoms with van der Waals surface area (Å²) in [7, 11) is 3.88. The van der Waals surface area contributed by atoms with Crippen LogP contribution < -0.4 is 0 Å². The van der Waals surface area contributed by atoms with Crippen LogP contribution in [0.15, 0.2) is 0 Å². The number of hydrogen-bond acceptors (Lipinski definition) is 3. The normalized spacial score (nSPS) is 19.3. The molecule has 1 aliphatic heterocycles. The Morgan fingerprint density at radius 2 is 2.08 bits per heavy atom. The molecule has 0 amide bonds. The van der Waals surface area contributed by atoms with Crippen LogP contribution in [0, 0.1) is 11.8 Å². The van der Waals surface area contributed by atoms with Gasteiger partial charge in [0, 0.05) is 6.92 Å². The van der Waals surface area contributed by atoms with Crippen LogP contribution >= 0.6 is 0 Å². The quantitative estimate of drug-likeness (QED) is 0.404. The fraction of sp³-hybridized carbons (Fsp3) is 0.667. The monoisotopic (exact) mass is 167 g/mol. The summed E-state index contributed by atoms with van der Waals surface area (Å²) < 4.78 is 5.08. The molecule has 1 heterocycles. The summed E-state index contributed by atoms with van der Waals surface area (Å²) in [6, 6.07) is 0. The topological polar surface area (TPSA) is 29.5 Å². The Morgan fingerprint density at radius 1 is 1.50 bits per heavy atom. The highest BCUT2D eigenvalue weighted by atomic mass is 16.5. The maximum absolute atomic E-state index is 10.6. The van der Waals surface area contributed by atoms with Crippen molar-refractivity contribution >= 4 is 5.78 Å². The first-order chi connectivity index (χ1) is 5.57. The van der Waals surface area contributed by atoms with Gasteiger partial charge in [-0.15, -0.1) is 0 Å². The molecule has 0 atom stereocenters. The van der Waals surface area contributed by atoms with Gasteiger partial charge in [0.05, 0.1) is 13.2 Å². The van der Waals surface area contributed by atoms with Crippen molar-refractivity contribution in [1.29, 1.82) is 0 Å². The number of Topliss-reactive ketones (excluding diaryl/α,β-unsaturated/α-hetero) is 1. The van der Waals surface area contributed by atoms with Crippen LogP contribution in [0.4, 0.5) is 0 Å². The van der Waals surface area contributed by atoms with Gasteiger partial charge in [-0.1, -0.05) is 5.92 Å². The summed E-state index contributed by atoms with van der Waals surface area (Å²) in [6.07, 6.45) is 0. The lowest BCUT2D eigenvalue weighted by Gasteiger charge is -2.42. The highest BCUT2D eigenvalue weighted by Crippen LogP contribution is 2.21. The van der Waals surface area contributed by atoms with Gasteiger partial charge >= 0.3 is 0 Å². The van der Waals surface area contributed by atoms with E-state index in [1.165, 1.54) is 6.92 Å². The Hall–Kier alpha value is -0.850. The Morgan fingerprint density at radius 3 is 2.33 bits per heavy atom. The van der Waals surface area contributed by atoms with Crippen LogP contribution in [0.1, 0.15) is 6.92 Å². The lowest BCUT2D eigenvalue weighted by atomic mass is 9.97. The summed E-state index contributed by atoms with van der Waals surface area (Å²) in [5, 5.41) is 0. The van der Waals surface area contributed by atoms with Gasteiger partial charge < -0.3 is 4.74 Å². The van der Waals surface area contributed by atoms with E-state index >= 15 is 0 Å². The maximum atomic E-state index is 10.6. The number of ketones is 1. The van der Waals surface area contributed by atoms with E-state index in [0.717, 1.165) is 0 Å². The van der Waals surface area contributed by atoms with Gasteiger partial charge in [-0.3, -0.25) is 9.69 Å². The summed E-state index contributed by atoms with van der Waals surface area (Å²) in [5.74, 6) is 5.40. The van der Waals surface area contributed by atoms with E-state index < -0.39 is 0 Å². The zero-order chi connectivity index (χ0) is 9.19. The number of likely N-dealkylation sites (N-methyl/N-ethyl adjacent to an activating group) is 1. The average molecular weight is 167 g/mol. The molecule has 3 nitrogen and oxygen atoms in total. The molecule has 0 aliphatic carbocycles. The van der Waals surface area contributed by atoms with E-state index in [9.17, 15) is 4.79 Å². The summed E-state index contributed by atoms with van der Waals surface area (Å²) in [5.41, 5.74) is -0.217. The smallest absolute Gasteiger partial charge is 0.202 e. The van der Waals surface area contributed by atoms with Crippen molar-refractivity contribution in [3.63, 3.8) is 0 Å². The van der Waals surface area contributed by atoms with Gasteiger partial charge in [0.2, 0.25) is 5.78 Å². The van der Waals surface area contributed by atoms with Crippen molar-refractivity contribution in [3.05, 3.63) is 0 Å². The molecule has 1 saturated heterocycles. The Labute approximate surface area is 72.7 Å². The van der Waals surface area contributed by atoms with E-state index in [-0.39, 0.29) is 11.3 Å². The van der Waals surface area contributed by atoms with E-state index in [0.29, 0.717) is 13.2 Å². The molecule has 0 aromatic heterocycles. The molecule has 0 saturated carbocycles. The molecule has 1 aliphatic rings. The minimum atomic E-state index is -0.217. The molecule has 0 bridgehead atoms. The van der Waals surface area contributed by atoms with Crippen LogP contribution in [0.25, 0.3) is 0 Å². The molecule has 3 heteroatoms. The number of rotatable bonds is 1. The Kier molecular flexibility index (Phi) is 2.51. The van der Waals surface area contributed by atoms with E-state index in [2.05, 4.69) is 11.8 Å². The second kappa shape index (κ2) is 3.26. The van der Waals surface area contributed by atoms with Gasteiger partial charge in [0.15, 0.2) is 0 Å². The Bertz CT molecular complexity index is 243. The fourth-order valence-corrected chi connectivity index (χ4v) is 0.942. The van der Waals surface area contributed by atoms with E-state index in [1.807, 2.05) is 19.0 Å². The van der Waals surface area contributed by atoms with Crippen molar-refractivity contribution in [1.82, 2.24) is 4.90 Å².